The van der Waals surface area contributed by atoms with Crippen LogP contribution in [0.5, 0.6) is 0 Å². The van der Waals surface area contributed by atoms with Gasteiger partial charge in [-0.05, 0) is 18.9 Å². The molecule has 1 rings (SSSR count). The number of carbonyl (C=O) groups excluding carboxylic acids is 1. The van der Waals surface area contributed by atoms with Gasteiger partial charge in [-0.25, -0.2) is 4.79 Å². The maximum Gasteiger partial charge on any atom is 0.404 e. The van der Waals surface area contributed by atoms with Crippen molar-refractivity contribution in [1.82, 2.24) is 10.6 Å². The molecule has 0 aromatic rings. The van der Waals surface area contributed by atoms with E-state index in [4.69, 9.17) is 5.11 Å². The molecule has 110 valence electrons. The van der Waals surface area contributed by atoms with Gasteiger partial charge in [-0.3, -0.25) is 4.79 Å². The van der Waals surface area contributed by atoms with Crippen LogP contribution < -0.4 is 10.6 Å². The Morgan fingerprint density at radius 1 is 1.37 bits per heavy atom. The van der Waals surface area contributed by atoms with Gasteiger partial charge in [-0.1, -0.05) is 13.8 Å². The zero-order valence-corrected chi connectivity index (χ0v) is 10.7. The molecule has 0 bridgehead atoms. The lowest BCUT2D eigenvalue weighted by Gasteiger charge is -2.31. The number of carbonyl (C=O) groups is 2. The zero-order valence-electron chi connectivity index (χ0n) is 10.7. The summed E-state index contributed by atoms with van der Waals surface area (Å²) in [4.78, 5) is 22.8. The van der Waals surface area contributed by atoms with E-state index < -0.39 is 42.0 Å². The molecule has 8 heteroatoms. The highest BCUT2D eigenvalue weighted by atomic mass is 19.4. The molecule has 0 aromatic carbocycles. The lowest BCUT2D eigenvalue weighted by molar-refractivity contribution is -0.216. The molecule has 0 aliphatic carbocycles. The molecule has 0 spiro atoms. The Balaban J connectivity index is 2.93. The van der Waals surface area contributed by atoms with Crippen molar-refractivity contribution >= 4 is 11.9 Å². The fourth-order valence-electron chi connectivity index (χ4n) is 2.05. The summed E-state index contributed by atoms with van der Waals surface area (Å²) in [7, 11) is 0. The van der Waals surface area contributed by atoms with Gasteiger partial charge in [0.05, 0.1) is 0 Å². The third-order valence-corrected chi connectivity index (χ3v) is 3.35. The van der Waals surface area contributed by atoms with Crippen LogP contribution >= 0.6 is 0 Å². The van der Waals surface area contributed by atoms with E-state index in [1.54, 1.807) is 0 Å². The van der Waals surface area contributed by atoms with Crippen LogP contribution in [-0.2, 0) is 9.59 Å². The Hall–Kier alpha value is -1.31. The molecule has 19 heavy (non-hydrogen) atoms. The maximum atomic E-state index is 13.1. The van der Waals surface area contributed by atoms with Crippen molar-refractivity contribution in [2.75, 3.05) is 13.1 Å². The standard InChI is InChI=1S/C11H17F3N2O3/c1-6(2)7(8(17)18)16-9(19)10(11(12,13)14)3-4-15-5-10/h6-7,15H,3-5H2,1-2H3,(H,16,19)(H,17,18)/t7-,10?/m0/s1. The SMILES string of the molecule is CC(C)[C@H](NC(=O)C1(C(F)(F)F)CCNC1)C(=O)O. The van der Waals surface area contributed by atoms with E-state index in [2.05, 4.69) is 5.32 Å². The summed E-state index contributed by atoms with van der Waals surface area (Å²) in [5, 5.41) is 13.4. The van der Waals surface area contributed by atoms with Crippen LogP contribution in [0.3, 0.4) is 0 Å². The third kappa shape index (κ3) is 2.99. The Morgan fingerprint density at radius 2 is 1.95 bits per heavy atom. The number of hydrogen-bond acceptors (Lipinski definition) is 3. The second-order valence-corrected chi connectivity index (χ2v) is 5.04. The molecule has 1 unspecified atom stereocenters. The van der Waals surface area contributed by atoms with Gasteiger partial charge in [0.2, 0.25) is 5.91 Å². The summed E-state index contributed by atoms with van der Waals surface area (Å²) >= 11 is 0. The minimum absolute atomic E-state index is 0.0757. The van der Waals surface area contributed by atoms with Crippen LogP contribution in [0.1, 0.15) is 20.3 Å². The molecule has 1 aliphatic heterocycles. The number of aliphatic carboxylic acids is 1. The molecule has 1 heterocycles. The van der Waals surface area contributed by atoms with E-state index >= 15 is 0 Å². The third-order valence-electron chi connectivity index (χ3n) is 3.35. The highest BCUT2D eigenvalue weighted by Crippen LogP contribution is 2.43. The molecule has 1 saturated heterocycles. The number of halogens is 3. The summed E-state index contributed by atoms with van der Waals surface area (Å²) in [5.41, 5.74) is -2.53. The molecular weight excluding hydrogens is 265 g/mol. The van der Waals surface area contributed by atoms with Crippen molar-refractivity contribution < 1.29 is 27.9 Å². The fraction of sp³-hybridized carbons (Fsp3) is 0.818. The number of hydrogen-bond donors (Lipinski definition) is 3. The van der Waals surface area contributed by atoms with Crippen molar-refractivity contribution in [3.63, 3.8) is 0 Å². The molecule has 1 aliphatic rings. The van der Waals surface area contributed by atoms with Gasteiger partial charge in [-0.15, -0.1) is 0 Å². The number of rotatable bonds is 4. The number of nitrogens with one attached hydrogen (secondary N) is 2. The number of amides is 1. The average Bonchev–Trinajstić information content (AvgIpc) is 2.73. The summed E-state index contributed by atoms with van der Waals surface area (Å²) in [6.45, 7) is 2.59. The van der Waals surface area contributed by atoms with E-state index in [9.17, 15) is 22.8 Å². The maximum absolute atomic E-state index is 13.1. The Kier molecular flexibility index (Phi) is 4.44. The van der Waals surface area contributed by atoms with Crippen LogP contribution in [-0.4, -0.2) is 42.3 Å². The minimum Gasteiger partial charge on any atom is -0.480 e. The highest BCUT2D eigenvalue weighted by Gasteiger charge is 2.61. The second kappa shape index (κ2) is 5.36. The molecule has 5 nitrogen and oxygen atoms in total. The van der Waals surface area contributed by atoms with Crippen LogP contribution in [0.2, 0.25) is 0 Å². The van der Waals surface area contributed by atoms with Gasteiger partial charge >= 0.3 is 12.1 Å². The monoisotopic (exact) mass is 282 g/mol. The summed E-state index contributed by atoms with van der Waals surface area (Å²) in [6, 6.07) is -1.33. The minimum atomic E-state index is -4.71. The van der Waals surface area contributed by atoms with Gasteiger partial charge in [0.1, 0.15) is 6.04 Å². The van der Waals surface area contributed by atoms with Crippen molar-refractivity contribution in [3.8, 4) is 0 Å². The lowest BCUT2D eigenvalue weighted by Crippen LogP contribution is -2.56. The Labute approximate surface area is 108 Å². The van der Waals surface area contributed by atoms with Crippen LogP contribution in [0.15, 0.2) is 0 Å². The van der Waals surface area contributed by atoms with Gasteiger partial charge in [0.25, 0.3) is 0 Å². The first-order chi connectivity index (χ1) is 8.62. The fourth-order valence-corrected chi connectivity index (χ4v) is 2.05. The van der Waals surface area contributed by atoms with Gasteiger partial charge in [0, 0.05) is 6.54 Å². The summed E-state index contributed by atoms with van der Waals surface area (Å²) < 4.78 is 39.2. The quantitative estimate of drug-likeness (QED) is 0.711. The molecule has 1 fully saturated rings. The smallest absolute Gasteiger partial charge is 0.404 e. The summed E-state index contributed by atoms with van der Waals surface area (Å²) in [6.07, 6.45) is -5.09. The average molecular weight is 282 g/mol. The van der Waals surface area contributed by atoms with Crippen LogP contribution in [0, 0.1) is 11.3 Å². The number of alkyl halides is 3. The van der Waals surface area contributed by atoms with Gasteiger partial charge in [0.15, 0.2) is 5.41 Å². The predicted molar refractivity (Wildman–Crippen MR) is 60.4 cm³/mol. The molecule has 0 radical (unpaired) electrons. The van der Waals surface area contributed by atoms with Crippen molar-refractivity contribution in [2.45, 2.75) is 32.5 Å². The Bertz CT molecular complexity index is 363. The van der Waals surface area contributed by atoms with Gasteiger partial charge in [-0.2, -0.15) is 13.2 Å². The van der Waals surface area contributed by atoms with E-state index in [1.165, 1.54) is 13.8 Å². The van der Waals surface area contributed by atoms with Gasteiger partial charge < -0.3 is 15.7 Å². The number of carboxylic acid groups (broad SMARTS) is 1. The molecule has 1 amide bonds. The largest absolute Gasteiger partial charge is 0.480 e. The first-order valence-electron chi connectivity index (χ1n) is 5.93. The highest BCUT2D eigenvalue weighted by molar-refractivity contribution is 5.88. The zero-order chi connectivity index (χ0) is 14.8. The molecule has 0 saturated carbocycles. The number of carboxylic acids is 1. The van der Waals surface area contributed by atoms with E-state index in [-0.39, 0.29) is 13.0 Å². The first-order valence-corrected chi connectivity index (χ1v) is 5.93. The first kappa shape index (κ1) is 15.7. The van der Waals surface area contributed by atoms with E-state index in [1.807, 2.05) is 5.32 Å². The van der Waals surface area contributed by atoms with Crippen molar-refractivity contribution in [3.05, 3.63) is 0 Å². The molecule has 0 aromatic heterocycles. The van der Waals surface area contributed by atoms with Crippen LogP contribution in [0.25, 0.3) is 0 Å². The van der Waals surface area contributed by atoms with Crippen molar-refractivity contribution in [2.24, 2.45) is 11.3 Å². The molecule has 3 N–H and O–H groups in total. The second-order valence-electron chi connectivity index (χ2n) is 5.04. The van der Waals surface area contributed by atoms with E-state index in [0.29, 0.717) is 0 Å². The molecule has 2 atom stereocenters. The normalized spacial score (nSPS) is 25.4. The van der Waals surface area contributed by atoms with E-state index in [0.717, 1.165) is 0 Å². The topological polar surface area (TPSA) is 78.4 Å². The van der Waals surface area contributed by atoms with Crippen molar-refractivity contribution in [1.29, 1.82) is 0 Å². The lowest BCUT2D eigenvalue weighted by atomic mass is 9.84. The van der Waals surface area contributed by atoms with Crippen LogP contribution in [0.4, 0.5) is 13.2 Å². The summed E-state index contributed by atoms with van der Waals surface area (Å²) in [5.74, 6) is -3.11. The molecular formula is C11H17F3N2O3. The Morgan fingerprint density at radius 3 is 2.26 bits per heavy atom. The predicted octanol–water partition coefficient (Wildman–Crippen LogP) is 0.754.